The number of rotatable bonds is 7. The Morgan fingerprint density at radius 3 is 2.39 bits per heavy atom. The van der Waals surface area contributed by atoms with Gasteiger partial charge in [-0.25, -0.2) is 14.4 Å². The van der Waals surface area contributed by atoms with Gasteiger partial charge in [-0.1, -0.05) is 36.4 Å². The summed E-state index contributed by atoms with van der Waals surface area (Å²) < 4.78 is 16.0. The molecule has 1 amide bonds. The molecule has 1 heterocycles. The number of benzene rings is 2. The Kier molecular flexibility index (Phi) is 7.71. The number of carboxylic acid groups (broad SMARTS) is 1. The van der Waals surface area contributed by atoms with Crippen LogP contribution in [0.5, 0.6) is 5.75 Å². The summed E-state index contributed by atoms with van der Waals surface area (Å²) in [4.78, 5) is 38.0. The highest BCUT2D eigenvalue weighted by Crippen LogP contribution is 2.34. The molecule has 8 heteroatoms. The molecule has 1 aliphatic rings. The van der Waals surface area contributed by atoms with Crippen molar-refractivity contribution < 1.29 is 33.7 Å². The fourth-order valence-electron chi connectivity index (χ4n) is 3.53. The number of methoxy groups -OCH3 is 1. The fourth-order valence-corrected chi connectivity index (χ4v) is 3.53. The van der Waals surface area contributed by atoms with Crippen LogP contribution in [0.4, 0.5) is 4.79 Å². The van der Waals surface area contributed by atoms with Gasteiger partial charge >= 0.3 is 18.0 Å². The minimum Gasteiger partial charge on any atom is -0.490 e. The predicted octanol–water partition coefficient (Wildman–Crippen LogP) is 4.38. The van der Waals surface area contributed by atoms with Crippen molar-refractivity contribution in [1.82, 2.24) is 4.90 Å². The van der Waals surface area contributed by atoms with Crippen molar-refractivity contribution in [2.45, 2.75) is 33.0 Å². The van der Waals surface area contributed by atoms with Gasteiger partial charge in [0, 0.05) is 18.7 Å². The van der Waals surface area contributed by atoms with Gasteiger partial charge in [-0.2, -0.15) is 0 Å². The van der Waals surface area contributed by atoms with Gasteiger partial charge in [-0.05, 0) is 43.5 Å². The molecule has 1 aliphatic heterocycles. The normalized spacial score (nSPS) is 13.3. The van der Waals surface area contributed by atoms with Crippen LogP contribution < -0.4 is 4.74 Å². The second-order valence-corrected chi connectivity index (χ2v) is 7.82. The molecule has 0 atom stereocenters. The van der Waals surface area contributed by atoms with Crippen LogP contribution in [0.25, 0.3) is 5.57 Å². The third-order valence-corrected chi connectivity index (χ3v) is 5.14. The van der Waals surface area contributed by atoms with E-state index in [1.54, 1.807) is 4.90 Å². The predicted molar refractivity (Wildman–Crippen MR) is 121 cm³/mol. The summed E-state index contributed by atoms with van der Waals surface area (Å²) in [5, 5.41) is 9.64. The molecule has 1 N–H and O–H groups in total. The first-order valence-corrected chi connectivity index (χ1v) is 10.6. The third kappa shape index (κ3) is 5.91. The van der Waals surface area contributed by atoms with Gasteiger partial charge in [0.25, 0.3) is 0 Å². The lowest BCUT2D eigenvalue weighted by molar-refractivity contribution is 0.0582. The molecule has 0 bridgehead atoms. The van der Waals surface area contributed by atoms with Gasteiger partial charge in [0.05, 0.1) is 24.3 Å². The zero-order chi connectivity index (χ0) is 24.0. The first-order chi connectivity index (χ1) is 15.8. The molecule has 0 unspecified atom stereocenters. The van der Waals surface area contributed by atoms with Crippen LogP contribution in [0.2, 0.25) is 0 Å². The summed E-state index contributed by atoms with van der Waals surface area (Å²) >= 11 is 0. The van der Waals surface area contributed by atoms with E-state index < -0.39 is 18.0 Å². The van der Waals surface area contributed by atoms with E-state index in [4.69, 9.17) is 14.2 Å². The number of carboxylic acids is 1. The number of esters is 1. The standard InChI is InChI=1S/C25H27NO7/c1-16(2)33-22-14-21(24(29)31-3)20(23(27)28)13-19(22)18-9-11-26(12-10-18)25(30)32-15-17-7-5-4-6-8-17/h4-9,13-14,16H,10-12,15H2,1-3H3,(H,27,28). The minimum absolute atomic E-state index is 0.0769. The Morgan fingerprint density at radius 2 is 1.82 bits per heavy atom. The van der Waals surface area contributed by atoms with Gasteiger partial charge < -0.3 is 24.2 Å². The van der Waals surface area contributed by atoms with Gasteiger partial charge in [0.15, 0.2) is 0 Å². The Hall–Kier alpha value is -3.81. The van der Waals surface area contributed by atoms with E-state index in [-0.39, 0.29) is 23.8 Å². The Bertz CT molecular complexity index is 1060. The SMILES string of the molecule is COC(=O)c1cc(OC(C)C)c(C2=CCN(C(=O)OCc3ccccc3)CC2)cc1C(=O)O. The molecule has 2 aromatic carbocycles. The summed E-state index contributed by atoms with van der Waals surface area (Å²) in [5.41, 5.74) is 2.06. The second-order valence-electron chi connectivity index (χ2n) is 7.82. The molecule has 3 rings (SSSR count). The maximum atomic E-state index is 12.4. The van der Waals surface area contributed by atoms with E-state index in [1.807, 2.05) is 50.3 Å². The maximum absolute atomic E-state index is 12.4. The smallest absolute Gasteiger partial charge is 0.410 e. The number of ether oxygens (including phenoxy) is 3. The lowest BCUT2D eigenvalue weighted by Crippen LogP contribution is -2.35. The van der Waals surface area contributed by atoms with Crippen molar-refractivity contribution in [2.24, 2.45) is 0 Å². The molecular formula is C25H27NO7. The Labute approximate surface area is 192 Å². The summed E-state index contributed by atoms with van der Waals surface area (Å²) in [5.74, 6) is -1.60. The molecule has 8 nitrogen and oxygen atoms in total. The monoisotopic (exact) mass is 453 g/mol. The van der Waals surface area contributed by atoms with Crippen molar-refractivity contribution >= 4 is 23.6 Å². The van der Waals surface area contributed by atoms with Crippen molar-refractivity contribution in [1.29, 1.82) is 0 Å². The topological polar surface area (TPSA) is 102 Å². The molecule has 0 aliphatic carbocycles. The van der Waals surface area contributed by atoms with Gasteiger partial charge in [0.2, 0.25) is 0 Å². The molecule has 0 saturated heterocycles. The summed E-state index contributed by atoms with van der Waals surface area (Å²) in [6.45, 7) is 4.59. The molecule has 2 aromatic rings. The van der Waals surface area contributed by atoms with Crippen molar-refractivity contribution in [2.75, 3.05) is 20.2 Å². The molecule has 0 saturated carbocycles. The van der Waals surface area contributed by atoms with E-state index in [0.29, 0.717) is 30.8 Å². The molecule has 0 spiro atoms. The van der Waals surface area contributed by atoms with Crippen LogP contribution in [0.3, 0.4) is 0 Å². The van der Waals surface area contributed by atoms with Crippen molar-refractivity contribution in [3.63, 3.8) is 0 Å². The number of hydrogen-bond donors (Lipinski definition) is 1. The summed E-state index contributed by atoms with van der Waals surface area (Å²) in [7, 11) is 1.19. The molecule has 0 aromatic heterocycles. The zero-order valence-corrected chi connectivity index (χ0v) is 18.9. The number of carbonyl (C=O) groups excluding carboxylic acids is 2. The summed E-state index contributed by atoms with van der Waals surface area (Å²) in [6, 6.07) is 12.3. The number of carbonyl (C=O) groups is 3. The lowest BCUT2D eigenvalue weighted by atomic mass is 9.94. The van der Waals surface area contributed by atoms with Gasteiger partial charge in [-0.15, -0.1) is 0 Å². The van der Waals surface area contributed by atoms with Crippen LogP contribution in [-0.4, -0.2) is 54.3 Å². The second kappa shape index (κ2) is 10.7. The molecule has 174 valence electrons. The molecule has 33 heavy (non-hydrogen) atoms. The Morgan fingerprint density at radius 1 is 1.09 bits per heavy atom. The van der Waals surface area contributed by atoms with E-state index in [0.717, 1.165) is 11.1 Å². The first kappa shape index (κ1) is 23.8. The third-order valence-electron chi connectivity index (χ3n) is 5.14. The average molecular weight is 453 g/mol. The number of amides is 1. The Balaban J connectivity index is 1.82. The van der Waals surface area contributed by atoms with Crippen molar-refractivity contribution in [3.8, 4) is 5.75 Å². The highest BCUT2D eigenvalue weighted by atomic mass is 16.6. The van der Waals surface area contributed by atoms with Crippen LogP contribution in [-0.2, 0) is 16.1 Å². The van der Waals surface area contributed by atoms with Crippen LogP contribution in [0.15, 0.2) is 48.5 Å². The molecule has 0 fully saturated rings. The van der Waals surface area contributed by atoms with Gasteiger partial charge in [-0.3, -0.25) is 0 Å². The van der Waals surface area contributed by atoms with E-state index >= 15 is 0 Å². The fraction of sp³-hybridized carbons (Fsp3) is 0.320. The number of nitrogens with zero attached hydrogens (tertiary/aromatic N) is 1. The number of hydrogen-bond acceptors (Lipinski definition) is 6. The van der Waals surface area contributed by atoms with E-state index in [1.165, 1.54) is 19.2 Å². The van der Waals surface area contributed by atoms with E-state index in [9.17, 15) is 19.5 Å². The lowest BCUT2D eigenvalue weighted by Gasteiger charge is -2.27. The maximum Gasteiger partial charge on any atom is 0.410 e. The number of aromatic carboxylic acids is 1. The van der Waals surface area contributed by atoms with Crippen LogP contribution in [0.1, 0.15) is 52.1 Å². The zero-order valence-electron chi connectivity index (χ0n) is 18.9. The van der Waals surface area contributed by atoms with E-state index in [2.05, 4.69) is 0 Å². The summed E-state index contributed by atoms with van der Waals surface area (Å²) in [6.07, 6.45) is 1.71. The average Bonchev–Trinajstić information content (AvgIpc) is 2.82. The quantitative estimate of drug-likeness (QED) is 0.621. The van der Waals surface area contributed by atoms with Crippen LogP contribution in [0, 0.1) is 0 Å². The largest absolute Gasteiger partial charge is 0.490 e. The highest BCUT2D eigenvalue weighted by Gasteiger charge is 2.26. The molecule has 0 radical (unpaired) electrons. The highest BCUT2D eigenvalue weighted by molar-refractivity contribution is 6.03. The van der Waals surface area contributed by atoms with Crippen LogP contribution >= 0.6 is 0 Å². The minimum atomic E-state index is -1.24. The first-order valence-electron chi connectivity index (χ1n) is 10.6. The van der Waals surface area contributed by atoms with Gasteiger partial charge in [0.1, 0.15) is 12.4 Å². The van der Waals surface area contributed by atoms with Crippen molar-refractivity contribution in [3.05, 3.63) is 70.8 Å². The molecular weight excluding hydrogens is 426 g/mol.